The summed E-state index contributed by atoms with van der Waals surface area (Å²) in [4.78, 5) is 12.8. The normalized spacial score (nSPS) is 19.9. The predicted octanol–water partition coefficient (Wildman–Crippen LogP) is 5.04. The van der Waals surface area contributed by atoms with E-state index < -0.39 is 5.92 Å². The van der Waals surface area contributed by atoms with Gasteiger partial charge in [0.15, 0.2) is 0 Å². The summed E-state index contributed by atoms with van der Waals surface area (Å²) in [6, 6.07) is 19.5. The summed E-state index contributed by atoms with van der Waals surface area (Å²) in [5, 5.41) is 18.4. The van der Waals surface area contributed by atoms with Gasteiger partial charge in [-0.1, -0.05) is 65.3 Å². The van der Waals surface area contributed by atoms with E-state index in [4.69, 9.17) is 11.6 Å². The van der Waals surface area contributed by atoms with Crippen LogP contribution in [0.2, 0.25) is 5.02 Å². The third kappa shape index (κ3) is 2.54. The number of fused-ring (bicyclic) bond motifs is 3. The average molecular weight is 365 g/mol. The van der Waals surface area contributed by atoms with Gasteiger partial charge in [-0.25, -0.2) is 0 Å². The molecule has 0 fully saturated rings. The second-order valence-corrected chi connectivity index (χ2v) is 6.86. The quantitative estimate of drug-likeness (QED) is 0.380. The van der Waals surface area contributed by atoms with Crippen molar-refractivity contribution in [2.75, 3.05) is 5.32 Å². The number of oxime groups is 1. The summed E-state index contributed by atoms with van der Waals surface area (Å²) >= 11 is 6.50. The van der Waals surface area contributed by atoms with Gasteiger partial charge in [0.25, 0.3) is 0 Å². The van der Waals surface area contributed by atoms with Crippen LogP contribution in [0.5, 0.6) is 0 Å². The summed E-state index contributed by atoms with van der Waals surface area (Å²) in [5.74, 6) is -1.18. The van der Waals surface area contributed by atoms with Gasteiger partial charge in [-0.2, -0.15) is 0 Å². The molecular formula is C21H17ClN2O2. The summed E-state index contributed by atoms with van der Waals surface area (Å²) in [6.07, 6.45) is 0. The minimum absolute atomic E-state index is 0.201. The molecule has 1 amide bonds. The fourth-order valence-corrected chi connectivity index (χ4v) is 4.08. The predicted molar refractivity (Wildman–Crippen MR) is 104 cm³/mol. The molecule has 0 aromatic heterocycles. The van der Waals surface area contributed by atoms with Gasteiger partial charge in [-0.15, -0.1) is 0 Å². The molecule has 4 nitrogen and oxygen atoms in total. The van der Waals surface area contributed by atoms with E-state index in [0.717, 1.165) is 27.6 Å². The second-order valence-electron chi connectivity index (χ2n) is 6.46. The van der Waals surface area contributed by atoms with Crippen LogP contribution in [0.3, 0.4) is 0 Å². The lowest BCUT2D eigenvalue weighted by Crippen LogP contribution is -2.38. The number of carbonyl (C=O) groups excluding carboxylic acids is 1. The molecule has 5 heteroatoms. The number of rotatable bonds is 2. The van der Waals surface area contributed by atoms with Gasteiger partial charge in [-0.05, 0) is 41.0 Å². The monoisotopic (exact) mass is 364 g/mol. The molecule has 0 aliphatic carbocycles. The van der Waals surface area contributed by atoms with Crippen molar-refractivity contribution in [3.05, 3.63) is 76.8 Å². The highest BCUT2D eigenvalue weighted by molar-refractivity contribution is 6.31. The van der Waals surface area contributed by atoms with Gasteiger partial charge in [0.1, 0.15) is 0 Å². The number of benzene rings is 3. The largest absolute Gasteiger partial charge is 0.411 e. The molecule has 130 valence electrons. The molecule has 1 heterocycles. The van der Waals surface area contributed by atoms with Gasteiger partial charge < -0.3 is 10.5 Å². The van der Waals surface area contributed by atoms with Crippen LogP contribution >= 0.6 is 11.6 Å². The van der Waals surface area contributed by atoms with E-state index in [0.29, 0.717) is 10.7 Å². The Balaban J connectivity index is 2.08. The highest BCUT2D eigenvalue weighted by Gasteiger charge is 2.40. The molecule has 3 aromatic carbocycles. The van der Waals surface area contributed by atoms with Crippen molar-refractivity contribution in [2.45, 2.75) is 12.8 Å². The number of hydrogen-bond acceptors (Lipinski definition) is 3. The molecule has 3 aromatic rings. The number of nitrogens with zero attached hydrogens (tertiary/aromatic N) is 1. The zero-order valence-corrected chi connectivity index (χ0v) is 14.9. The molecule has 0 spiro atoms. The highest BCUT2D eigenvalue weighted by Crippen LogP contribution is 2.46. The molecule has 1 aliphatic heterocycles. The first-order valence-electron chi connectivity index (χ1n) is 8.37. The van der Waals surface area contributed by atoms with E-state index in [1.54, 1.807) is 6.92 Å². The maximum absolute atomic E-state index is 12.8. The Kier molecular flexibility index (Phi) is 4.13. The Morgan fingerprint density at radius 2 is 1.81 bits per heavy atom. The zero-order valence-electron chi connectivity index (χ0n) is 14.1. The first-order valence-corrected chi connectivity index (χ1v) is 8.75. The Labute approximate surface area is 156 Å². The molecule has 0 bridgehead atoms. The van der Waals surface area contributed by atoms with Crippen molar-refractivity contribution in [3.8, 4) is 0 Å². The summed E-state index contributed by atoms with van der Waals surface area (Å²) in [6.45, 7) is 1.66. The molecule has 26 heavy (non-hydrogen) atoms. The molecule has 0 saturated heterocycles. The van der Waals surface area contributed by atoms with Crippen LogP contribution in [0.4, 0.5) is 5.69 Å². The second kappa shape index (κ2) is 6.46. The van der Waals surface area contributed by atoms with Crippen molar-refractivity contribution in [3.63, 3.8) is 0 Å². The van der Waals surface area contributed by atoms with E-state index in [1.165, 1.54) is 0 Å². The molecule has 0 saturated carbocycles. The molecule has 1 aliphatic rings. The minimum atomic E-state index is -0.641. The van der Waals surface area contributed by atoms with Crippen molar-refractivity contribution >= 4 is 39.7 Å². The van der Waals surface area contributed by atoms with Crippen LogP contribution in [0.1, 0.15) is 24.0 Å². The average Bonchev–Trinajstić information content (AvgIpc) is 2.66. The first kappa shape index (κ1) is 16.6. The van der Waals surface area contributed by atoms with Crippen LogP contribution in [0, 0.1) is 5.92 Å². The van der Waals surface area contributed by atoms with E-state index >= 15 is 0 Å². The molecule has 0 radical (unpaired) electrons. The van der Waals surface area contributed by atoms with E-state index in [2.05, 4.69) is 10.5 Å². The van der Waals surface area contributed by atoms with Crippen LogP contribution in [-0.4, -0.2) is 16.8 Å². The van der Waals surface area contributed by atoms with Crippen molar-refractivity contribution in [2.24, 2.45) is 11.1 Å². The molecule has 0 unspecified atom stereocenters. The summed E-state index contributed by atoms with van der Waals surface area (Å²) in [5.41, 5.74) is 2.95. The smallest absolute Gasteiger partial charge is 0.234 e. The van der Waals surface area contributed by atoms with Crippen LogP contribution in [0.15, 0.2) is 65.8 Å². The van der Waals surface area contributed by atoms with Crippen LogP contribution in [-0.2, 0) is 4.79 Å². The molecule has 2 N–H and O–H groups in total. The van der Waals surface area contributed by atoms with E-state index in [-0.39, 0.29) is 11.8 Å². The van der Waals surface area contributed by atoms with E-state index in [9.17, 15) is 10.0 Å². The molecular weight excluding hydrogens is 348 g/mol. The Hall–Kier alpha value is -2.85. The summed E-state index contributed by atoms with van der Waals surface area (Å²) < 4.78 is 0. The SMILES string of the molecule is C/C(=N\O)[C@H]1C(=O)Nc2ccc3ccccc3c2[C@@H]1c1ccccc1Cl. The fourth-order valence-electron chi connectivity index (χ4n) is 3.82. The lowest BCUT2D eigenvalue weighted by molar-refractivity contribution is -0.118. The lowest BCUT2D eigenvalue weighted by atomic mass is 9.73. The number of amides is 1. The highest BCUT2D eigenvalue weighted by atomic mass is 35.5. The topological polar surface area (TPSA) is 61.7 Å². The Morgan fingerprint density at radius 3 is 2.58 bits per heavy atom. The minimum Gasteiger partial charge on any atom is -0.411 e. The molecule has 2 atom stereocenters. The maximum atomic E-state index is 12.8. The zero-order chi connectivity index (χ0) is 18.3. The third-order valence-corrected chi connectivity index (χ3v) is 5.35. The maximum Gasteiger partial charge on any atom is 0.234 e. The van der Waals surface area contributed by atoms with Crippen LogP contribution in [0.25, 0.3) is 10.8 Å². The van der Waals surface area contributed by atoms with E-state index in [1.807, 2.05) is 60.7 Å². The van der Waals surface area contributed by atoms with Gasteiger partial charge in [0, 0.05) is 16.6 Å². The van der Waals surface area contributed by atoms with Crippen molar-refractivity contribution < 1.29 is 10.0 Å². The number of carbonyl (C=O) groups is 1. The van der Waals surface area contributed by atoms with Crippen molar-refractivity contribution in [1.29, 1.82) is 0 Å². The van der Waals surface area contributed by atoms with Gasteiger partial charge >= 0.3 is 0 Å². The number of halogens is 1. The third-order valence-electron chi connectivity index (χ3n) is 5.00. The Morgan fingerprint density at radius 1 is 1.08 bits per heavy atom. The fraction of sp³-hybridized carbons (Fsp3) is 0.143. The number of hydrogen-bond donors (Lipinski definition) is 2. The molecule has 4 rings (SSSR count). The first-order chi connectivity index (χ1) is 12.6. The van der Waals surface area contributed by atoms with Gasteiger partial charge in [0.05, 0.1) is 11.6 Å². The lowest BCUT2D eigenvalue weighted by Gasteiger charge is -2.34. The number of anilines is 1. The van der Waals surface area contributed by atoms with Gasteiger partial charge in [-0.3, -0.25) is 4.79 Å². The standard InChI is InChI=1S/C21H17ClN2O2/c1-12(24-26)18-20(15-8-4-5-9-16(15)22)19-14-7-3-2-6-13(14)10-11-17(19)23-21(18)25/h2-11,18,20,26H,1H3,(H,23,25)/b24-12+/t18-,20-/m1/s1. The van der Waals surface area contributed by atoms with Crippen molar-refractivity contribution in [1.82, 2.24) is 0 Å². The Bertz CT molecular complexity index is 1050. The summed E-state index contributed by atoms with van der Waals surface area (Å²) in [7, 11) is 0. The van der Waals surface area contributed by atoms with Gasteiger partial charge in [0.2, 0.25) is 5.91 Å². The van der Waals surface area contributed by atoms with Crippen LogP contribution < -0.4 is 5.32 Å². The number of nitrogens with one attached hydrogen (secondary N) is 1.